The second-order valence-electron chi connectivity index (χ2n) is 5.66. The quantitative estimate of drug-likeness (QED) is 0.801. The van der Waals surface area contributed by atoms with Gasteiger partial charge >= 0.3 is 6.03 Å². The number of thioether (sulfide) groups is 1. The number of anilines is 1. The first kappa shape index (κ1) is 16.4. The van der Waals surface area contributed by atoms with Gasteiger partial charge in [0, 0.05) is 4.90 Å². The lowest BCUT2D eigenvalue weighted by Gasteiger charge is -2.20. The van der Waals surface area contributed by atoms with Crippen LogP contribution in [0.15, 0.2) is 23.1 Å². The minimum absolute atomic E-state index is 0.0333. The molecule has 8 heteroatoms. The molecule has 0 spiro atoms. The van der Waals surface area contributed by atoms with Crippen molar-refractivity contribution in [2.75, 3.05) is 11.1 Å². The van der Waals surface area contributed by atoms with Crippen LogP contribution in [0.3, 0.4) is 0 Å². The largest absolute Gasteiger partial charge is 0.373 e. The third-order valence-corrected chi connectivity index (χ3v) is 5.06. The number of nitrogens with one attached hydrogen (secondary N) is 2. The average molecular weight is 346 g/mol. The van der Waals surface area contributed by atoms with Crippen LogP contribution in [0.1, 0.15) is 19.3 Å². The lowest BCUT2D eigenvalue weighted by molar-refractivity contribution is 0.0984. The van der Waals surface area contributed by atoms with Crippen LogP contribution < -0.4 is 10.6 Å². The van der Waals surface area contributed by atoms with E-state index < -0.39 is 24.0 Å². The molecule has 126 valence electrons. The highest BCUT2D eigenvalue weighted by atomic mass is 32.2. The Morgan fingerprint density at radius 3 is 2.87 bits per heavy atom. The summed E-state index contributed by atoms with van der Waals surface area (Å²) >= 11 is 0.877. The van der Waals surface area contributed by atoms with Crippen molar-refractivity contribution in [3.8, 4) is 0 Å². The van der Waals surface area contributed by atoms with E-state index in [1.54, 1.807) is 0 Å². The van der Waals surface area contributed by atoms with E-state index in [1.807, 2.05) is 0 Å². The topological polar surface area (TPSA) is 50.4 Å². The number of rotatable bonds is 5. The van der Waals surface area contributed by atoms with Crippen molar-refractivity contribution in [3.63, 3.8) is 0 Å². The molecule has 23 heavy (non-hydrogen) atoms. The summed E-state index contributed by atoms with van der Waals surface area (Å²) in [4.78, 5) is 12.5. The highest BCUT2D eigenvalue weighted by Gasteiger charge is 2.41. The Hall–Kier alpha value is -1.41. The van der Waals surface area contributed by atoms with Crippen molar-refractivity contribution < 1.29 is 22.7 Å². The maximum Gasteiger partial charge on any atom is 0.319 e. The van der Waals surface area contributed by atoms with Gasteiger partial charge in [0.15, 0.2) is 0 Å². The van der Waals surface area contributed by atoms with Crippen LogP contribution in [0.4, 0.5) is 23.7 Å². The normalized spacial score (nSPS) is 25.8. The Balaban J connectivity index is 1.61. The van der Waals surface area contributed by atoms with Crippen LogP contribution in [0.25, 0.3) is 0 Å². The Kier molecular flexibility index (Phi) is 5.01. The summed E-state index contributed by atoms with van der Waals surface area (Å²) in [6.45, 7) is 0. The van der Waals surface area contributed by atoms with Crippen LogP contribution in [-0.4, -0.2) is 36.5 Å². The Morgan fingerprint density at radius 1 is 1.39 bits per heavy atom. The zero-order valence-corrected chi connectivity index (χ0v) is 13.0. The molecule has 2 aliphatic heterocycles. The van der Waals surface area contributed by atoms with Gasteiger partial charge in [-0.15, -0.1) is 11.8 Å². The van der Waals surface area contributed by atoms with Crippen molar-refractivity contribution in [2.24, 2.45) is 0 Å². The predicted molar refractivity (Wildman–Crippen MR) is 81.6 cm³/mol. The predicted octanol–water partition coefficient (Wildman–Crippen LogP) is 3.62. The standard InChI is InChI=1S/C15H17F3N2O2S/c16-8-1-4-13(23-7-14(17)18)11(5-8)20-15(21)19-10-6-9-2-3-12(10)22-9/h1,4-5,9-10,12,14H,2-3,6-7H2,(H2,19,20,21)/t9-,10+,12-/m1/s1. The van der Waals surface area contributed by atoms with Crippen molar-refractivity contribution in [1.82, 2.24) is 5.32 Å². The van der Waals surface area contributed by atoms with Crippen LogP contribution in [0.2, 0.25) is 0 Å². The van der Waals surface area contributed by atoms with Gasteiger partial charge in [0.05, 0.1) is 29.7 Å². The molecule has 2 saturated heterocycles. The Bertz CT molecular complexity index is 588. The number of benzene rings is 1. The molecule has 2 aliphatic rings. The van der Waals surface area contributed by atoms with E-state index in [0.717, 1.165) is 37.1 Å². The van der Waals surface area contributed by atoms with E-state index in [2.05, 4.69) is 10.6 Å². The first-order chi connectivity index (χ1) is 11.0. The molecule has 2 N–H and O–H groups in total. The highest BCUT2D eigenvalue weighted by Crippen LogP contribution is 2.34. The molecule has 0 radical (unpaired) electrons. The SMILES string of the molecule is O=C(Nc1cc(F)ccc1SCC(F)F)N[C@H]1C[C@H]2CC[C@H]1O2. The van der Waals surface area contributed by atoms with Crippen LogP contribution in [0.5, 0.6) is 0 Å². The van der Waals surface area contributed by atoms with E-state index in [0.29, 0.717) is 4.90 Å². The second-order valence-corrected chi connectivity index (χ2v) is 6.72. The molecule has 3 atom stereocenters. The van der Waals surface area contributed by atoms with Crippen LogP contribution in [0, 0.1) is 5.82 Å². The summed E-state index contributed by atoms with van der Waals surface area (Å²) in [5.74, 6) is -0.952. The highest BCUT2D eigenvalue weighted by molar-refractivity contribution is 7.99. The summed E-state index contributed by atoms with van der Waals surface area (Å²) in [6, 6.07) is 3.17. The van der Waals surface area contributed by atoms with E-state index in [9.17, 15) is 18.0 Å². The lowest BCUT2D eigenvalue weighted by Crippen LogP contribution is -2.43. The third-order valence-electron chi connectivity index (χ3n) is 3.98. The molecule has 0 aromatic heterocycles. The number of fused-ring (bicyclic) bond motifs is 2. The minimum atomic E-state index is -2.47. The fraction of sp³-hybridized carbons (Fsp3) is 0.533. The molecule has 2 bridgehead atoms. The maximum absolute atomic E-state index is 13.4. The monoisotopic (exact) mass is 346 g/mol. The minimum Gasteiger partial charge on any atom is -0.373 e. The van der Waals surface area contributed by atoms with Crippen molar-refractivity contribution >= 4 is 23.5 Å². The smallest absolute Gasteiger partial charge is 0.319 e. The molecule has 2 fully saturated rings. The van der Waals surface area contributed by atoms with Crippen LogP contribution in [-0.2, 0) is 4.74 Å². The number of amides is 2. The van der Waals surface area contributed by atoms with Gasteiger partial charge in [-0.2, -0.15) is 0 Å². The van der Waals surface area contributed by atoms with Crippen molar-refractivity contribution in [3.05, 3.63) is 24.0 Å². The van der Waals surface area contributed by atoms with E-state index in [4.69, 9.17) is 4.74 Å². The molecule has 0 aliphatic carbocycles. The number of hydrogen-bond acceptors (Lipinski definition) is 3. The average Bonchev–Trinajstić information content (AvgIpc) is 3.08. The van der Waals surface area contributed by atoms with Crippen LogP contribution >= 0.6 is 11.8 Å². The van der Waals surface area contributed by atoms with E-state index in [1.165, 1.54) is 12.1 Å². The Labute approximate surface area is 136 Å². The molecule has 0 saturated carbocycles. The zero-order valence-electron chi connectivity index (χ0n) is 12.2. The van der Waals surface area contributed by atoms with Crippen molar-refractivity contribution in [2.45, 2.75) is 48.8 Å². The number of carbonyl (C=O) groups is 1. The fourth-order valence-electron chi connectivity index (χ4n) is 3.00. The molecule has 1 aromatic rings. The number of ether oxygens (including phenoxy) is 1. The van der Waals surface area contributed by atoms with Gasteiger partial charge in [-0.3, -0.25) is 0 Å². The summed E-state index contributed by atoms with van der Waals surface area (Å²) in [5, 5.41) is 5.37. The van der Waals surface area contributed by atoms with E-state index >= 15 is 0 Å². The Morgan fingerprint density at radius 2 is 2.22 bits per heavy atom. The molecule has 4 nitrogen and oxygen atoms in total. The summed E-state index contributed by atoms with van der Waals surface area (Å²) in [7, 11) is 0. The zero-order chi connectivity index (χ0) is 16.4. The fourth-order valence-corrected chi connectivity index (χ4v) is 3.73. The summed E-state index contributed by atoms with van der Waals surface area (Å²) in [6.07, 6.45) is 0.475. The first-order valence-corrected chi connectivity index (χ1v) is 8.43. The van der Waals surface area contributed by atoms with Gasteiger partial charge in [0.2, 0.25) is 6.43 Å². The van der Waals surface area contributed by atoms with Gasteiger partial charge in [0.25, 0.3) is 0 Å². The number of carbonyl (C=O) groups excluding carboxylic acids is 1. The molecular formula is C15H17F3N2O2S. The third kappa shape index (κ3) is 4.11. The molecule has 1 aromatic carbocycles. The van der Waals surface area contributed by atoms with Gasteiger partial charge in [-0.25, -0.2) is 18.0 Å². The molecule has 3 rings (SSSR count). The number of alkyl halides is 2. The maximum atomic E-state index is 13.4. The molecule has 2 amide bonds. The summed E-state index contributed by atoms with van der Waals surface area (Å²) < 4.78 is 43.7. The number of halogens is 3. The van der Waals surface area contributed by atoms with E-state index in [-0.39, 0.29) is 23.9 Å². The number of urea groups is 1. The molecular weight excluding hydrogens is 329 g/mol. The van der Waals surface area contributed by atoms with Gasteiger partial charge in [0.1, 0.15) is 5.82 Å². The molecule has 0 unspecified atom stereocenters. The van der Waals surface area contributed by atoms with Gasteiger partial charge in [-0.05, 0) is 37.5 Å². The summed E-state index contributed by atoms with van der Waals surface area (Å²) in [5.41, 5.74) is 0.192. The van der Waals surface area contributed by atoms with Gasteiger partial charge in [-0.1, -0.05) is 0 Å². The van der Waals surface area contributed by atoms with Crippen molar-refractivity contribution in [1.29, 1.82) is 0 Å². The lowest BCUT2D eigenvalue weighted by atomic mass is 9.96. The van der Waals surface area contributed by atoms with Gasteiger partial charge < -0.3 is 15.4 Å². The molecule has 2 heterocycles. The number of hydrogen-bond donors (Lipinski definition) is 2. The first-order valence-electron chi connectivity index (χ1n) is 7.45. The second kappa shape index (κ2) is 7.00.